The molecule has 1 aliphatic rings. The van der Waals surface area contributed by atoms with Crippen LogP contribution in [-0.4, -0.2) is 90.2 Å². The van der Waals surface area contributed by atoms with Crippen LogP contribution in [0.4, 0.5) is 0 Å². The average Bonchev–Trinajstić information content (AvgIpc) is 2.46. The zero-order valence-electron chi connectivity index (χ0n) is 13.3. The second-order valence-corrected chi connectivity index (χ2v) is 5.27. The van der Waals surface area contributed by atoms with Crippen LogP contribution < -0.4 is 16.0 Å². The molecule has 6 heteroatoms. The lowest BCUT2D eigenvalue weighted by molar-refractivity contribution is -0.0413. The first-order valence-electron chi connectivity index (χ1n) is 7.68. The molecule has 2 unspecified atom stereocenters. The summed E-state index contributed by atoms with van der Waals surface area (Å²) in [6, 6.07) is 0. The zero-order valence-corrected chi connectivity index (χ0v) is 13.3. The van der Waals surface area contributed by atoms with E-state index in [1.807, 2.05) is 0 Å². The molecule has 0 aliphatic carbocycles. The molecule has 0 radical (unpaired) electrons. The third-order valence-electron chi connectivity index (χ3n) is 3.80. The fourth-order valence-corrected chi connectivity index (χ4v) is 2.32. The summed E-state index contributed by atoms with van der Waals surface area (Å²) in [5, 5.41) is 10.3. The minimum atomic E-state index is 0.117. The molecular weight excluding hydrogens is 256 g/mol. The Morgan fingerprint density at radius 1 is 0.850 bits per heavy atom. The van der Waals surface area contributed by atoms with Gasteiger partial charge in [0, 0.05) is 73.1 Å². The van der Waals surface area contributed by atoms with E-state index < -0.39 is 0 Å². The van der Waals surface area contributed by atoms with Crippen LogP contribution in [-0.2, 0) is 9.47 Å². The van der Waals surface area contributed by atoms with Crippen LogP contribution in [0.5, 0.6) is 0 Å². The minimum absolute atomic E-state index is 0.117. The monoisotopic (exact) mass is 288 g/mol. The largest absolute Gasteiger partial charge is 0.379 e. The van der Waals surface area contributed by atoms with E-state index in [4.69, 9.17) is 9.47 Å². The van der Waals surface area contributed by atoms with Crippen LogP contribution in [0.15, 0.2) is 0 Å². The molecule has 0 saturated carbocycles. The summed E-state index contributed by atoms with van der Waals surface area (Å²) in [6.07, 6.45) is 0.237. The molecule has 1 heterocycles. The maximum Gasteiger partial charge on any atom is 0.0956 e. The predicted molar refractivity (Wildman–Crippen MR) is 82.3 cm³/mol. The second kappa shape index (κ2) is 11.4. The Morgan fingerprint density at radius 2 is 1.35 bits per heavy atom. The van der Waals surface area contributed by atoms with E-state index in [1.165, 1.54) is 0 Å². The maximum atomic E-state index is 5.56. The molecule has 1 saturated heterocycles. The van der Waals surface area contributed by atoms with Crippen molar-refractivity contribution in [1.29, 1.82) is 0 Å². The third kappa shape index (κ3) is 7.52. The van der Waals surface area contributed by atoms with Gasteiger partial charge >= 0.3 is 0 Å². The van der Waals surface area contributed by atoms with Gasteiger partial charge in [0.2, 0.25) is 0 Å². The first-order chi connectivity index (χ1) is 9.77. The van der Waals surface area contributed by atoms with Crippen LogP contribution in [0.1, 0.15) is 6.92 Å². The van der Waals surface area contributed by atoms with Crippen LogP contribution in [0, 0.1) is 0 Å². The van der Waals surface area contributed by atoms with Crippen LogP contribution in [0.2, 0.25) is 0 Å². The van der Waals surface area contributed by atoms with Crippen molar-refractivity contribution in [3.8, 4) is 0 Å². The Balaban J connectivity index is 2.40. The Bertz CT molecular complexity index is 219. The van der Waals surface area contributed by atoms with Crippen LogP contribution in [0.25, 0.3) is 0 Å². The molecule has 0 spiro atoms. The fourth-order valence-electron chi connectivity index (χ4n) is 2.32. The number of hydrogen-bond donors (Lipinski definition) is 3. The molecule has 20 heavy (non-hydrogen) atoms. The van der Waals surface area contributed by atoms with Gasteiger partial charge in [-0.2, -0.15) is 0 Å². The molecule has 0 aromatic rings. The fraction of sp³-hybridized carbons (Fsp3) is 1.00. The molecule has 0 aromatic carbocycles. The Hall–Kier alpha value is -0.240. The van der Waals surface area contributed by atoms with E-state index in [0.29, 0.717) is 0 Å². The summed E-state index contributed by atoms with van der Waals surface area (Å²) >= 11 is 0. The van der Waals surface area contributed by atoms with E-state index in [0.717, 1.165) is 58.9 Å². The standard InChI is InChI=1S/C14H32N4O2/c1-13(19-2)14(20-3)12-18-10-8-16-6-4-15-5-7-17-9-11-18/h13-17H,4-12H2,1-3H3. The van der Waals surface area contributed by atoms with Gasteiger partial charge in [-0.15, -0.1) is 0 Å². The number of methoxy groups -OCH3 is 2. The van der Waals surface area contributed by atoms with Gasteiger partial charge < -0.3 is 25.4 Å². The summed E-state index contributed by atoms with van der Waals surface area (Å²) in [4.78, 5) is 2.44. The Labute approximate surface area is 123 Å². The highest BCUT2D eigenvalue weighted by molar-refractivity contribution is 4.73. The highest BCUT2D eigenvalue weighted by Crippen LogP contribution is 2.04. The predicted octanol–water partition coefficient (Wildman–Crippen LogP) is -0.879. The smallest absolute Gasteiger partial charge is 0.0956 e. The highest BCUT2D eigenvalue weighted by Gasteiger charge is 2.19. The van der Waals surface area contributed by atoms with Crippen molar-refractivity contribution in [2.45, 2.75) is 19.1 Å². The van der Waals surface area contributed by atoms with Crippen molar-refractivity contribution in [2.24, 2.45) is 0 Å². The minimum Gasteiger partial charge on any atom is -0.379 e. The molecular formula is C14H32N4O2. The van der Waals surface area contributed by atoms with Gasteiger partial charge in [0.05, 0.1) is 12.2 Å². The van der Waals surface area contributed by atoms with Crippen molar-refractivity contribution < 1.29 is 9.47 Å². The first kappa shape index (κ1) is 17.8. The molecule has 6 nitrogen and oxygen atoms in total. The molecule has 0 aromatic heterocycles. The number of rotatable bonds is 5. The average molecular weight is 288 g/mol. The third-order valence-corrected chi connectivity index (χ3v) is 3.80. The zero-order chi connectivity index (χ0) is 14.6. The molecule has 3 N–H and O–H groups in total. The SMILES string of the molecule is COC(C)C(CN1CCNCCNCCNCC1)OC. The number of hydrogen-bond acceptors (Lipinski definition) is 6. The summed E-state index contributed by atoms with van der Waals surface area (Å²) in [7, 11) is 3.50. The normalized spacial score (nSPS) is 23.6. The van der Waals surface area contributed by atoms with Crippen molar-refractivity contribution in [3.63, 3.8) is 0 Å². The lowest BCUT2D eigenvalue weighted by atomic mass is 10.2. The van der Waals surface area contributed by atoms with Gasteiger partial charge in [-0.05, 0) is 6.92 Å². The molecule has 1 aliphatic heterocycles. The summed E-state index contributed by atoms with van der Waals surface area (Å²) < 4.78 is 11.0. The molecule has 2 atom stereocenters. The summed E-state index contributed by atoms with van der Waals surface area (Å²) in [6.45, 7) is 11.2. The van der Waals surface area contributed by atoms with E-state index in [2.05, 4.69) is 27.8 Å². The van der Waals surface area contributed by atoms with Crippen LogP contribution >= 0.6 is 0 Å². The number of nitrogens with one attached hydrogen (secondary N) is 3. The number of nitrogens with zero attached hydrogens (tertiary/aromatic N) is 1. The molecule has 1 fully saturated rings. The molecule has 120 valence electrons. The molecule has 0 bridgehead atoms. The topological polar surface area (TPSA) is 57.8 Å². The quantitative estimate of drug-likeness (QED) is 0.611. The highest BCUT2D eigenvalue weighted by atomic mass is 16.5. The Kier molecular flexibility index (Phi) is 10.2. The van der Waals surface area contributed by atoms with Gasteiger partial charge in [0.1, 0.15) is 0 Å². The van der Waals surface area contributed by atoms with Crippen molar-refractivity contribution in [1.82, 2.24) is 20.9 Å². The van der Waals surface area contributed by atoms with E-state index in [-0.39, 0.29) is 12.2 Å². The second-order valence-electron chi connectivity index (χ2n) is 5.27. The van der Waals surface area contributed by atoms with Crippen molar-refractivity contribution in [3.05, 3.63) is 0 Å². The van der Waals surface area contributed by atoms with Crippen molar-refractivity contribution >= 4 is 0 Å². The van der Waals surface area contributed by atoms with E-state index in [9.17, 15) is 0 Å². The van der Waals surface area contributed by atoms with Gasteiger partial charge in [0.25, 0.3) is 0 Å². The molecule has 1 rings (SSSR count). The lowest BCUT2D eigenvalue weighted by Gasteiger charge is -2.30. The Morgan fingerprint density at radius 3 is 1.80 bits per heavy atom. The molecule has 0 amide bonds. The van der Waals surface area contributed by atoms with Gasteiger partial charge in [0.15, 0.2) is 0 Å². The lowest BCUT2D eigenvalue weighted by Crippen LogP contribution is -2.46. The van der Waals surface area contributed by atoms with E-state index in [1.54, 1.807) is 14.2 Å². The van der Waals surface area contributed by atoms with Crippen molar-refractivity contribution in [2.75, 3.05) is 73.1 Å². The maximum absolute atomic E-state index is 5.56. The summed E-state index contributed by atoms with van der Waals surface area (Å²) in [5.41, 5.74) is 0. The van der Waals surface area contributed by atoms with Gasteiger partial charge in [-0.25, -0.2) is 0 Å². The number of ether oxygens (including phenoxy) is 2. The van der Waals surface area contributed by atoms with Gasteiger partial charge in [-0.1, -0.05) is 0 Å². The van der Waals surface area contributed by atoms with E-state index >= 15 is 0 Å². The summed E-state index contributed by atoms with van der Waals surface area (Å²) in [5.74, 6) is 0. The van der Waals surface area contributed by atoms with Gasteiger partial charge in [-0.3, -0.25) is 4.90 Å². The van der Waals surface area contributed by atoms with Crippen LogP contribution in [0.3, 0.4) is 0 Å². The first-order valence-corrected chi connectivity index (χ1v) is 7.68.